The highest BCUT2D eigenvalue weighted by Gasteiger charge is 2.35. The number of nitrogens with one attached hydrogen (secondary N) is 6. The Bertz CT molecular complexity index is 1630. The lowest BCUT2D eigenvalue weighted by atomic mass is 9.99. The third kappa shape index (κ3) is 14.8. The van der Waals surface area contributed by atoms with Crippen molar-refractivity contribution in [2.45, 2.75) is 90.1 Å². The molecule has 1 unspecified atom stereocenters. The Hall–Kier alpha value is -5.56. The SMILES string of the molecule is CC(C)[C@H](NC(=O)[C@H](CC(=O)O)NC(=O)C(Cc1ccsc1)NC(=O)[C@@H](C)NC(=O)[C@@H](N)Cc1ccc(O)cc1)C(=O)N[C@H](C(=O)NCC(N)=O)C(C)C. The predicted molar refractivity (Wildman–Crippen MR) is 197 cm³/mol. The van der Waals surface area contributed by atoms with E-state index < -0.39 is 108 Å². The minimum Gasteiger partial charge on any atom is -0.508 e. The Morgan fingerprint density at radius 2 is 1.22 bits per heavy atom. The smallest absolute Gasteiger partial charge is 0.305 e. The first-order chi connectivity index (χ1) is 25.3. The van der Waals surface area contributed by atoms with E-state index in [1.165, 1.54) is 30.4 Å². The van der Waals surface area contributed by atoms with Crippen LogP contribution in [0.1, 0.15) is 52.2 Å². The lowest BCUT2D eigenvalue weighted by Crippen LogP contribution is -2.61. The van der Waals surface area contributed by atoms with Crippen molar-refractivity contribution in [2.24, 2.45) is 23.3 Å². The van der Waals surface area contributed by atoms with Crippen LogP contribution in [0.4, 0.5) is 0 Å². The molecule has 1 heterocycles. The summed E-state index contributed by atoms with van der Waals surface area (Å²) in [5, 5.41) is 37.3. The average Bonchev–Trinajstić information content (AvgIpc) is 3.61. The number of hydrogen-bond donors (Lipinski definition) is 10. The summed E-state index contributed by atoms with van der Waals surface area (Å²) in [6, 6.07) is 0.126. The number of phenolic OH excluding ortho intramolecular Hbond substituents is 1. The van der Waals surface area contributed by atoms with Gasteiger partial charge in [0.15, 0.2) is 0 Å². The van der Waals surface area contributed by atoms with Gasteiger partial charge in [-0.05, 0) is 65.3 Å². The Morgan fingerprint density at radius 1 is 0.667 bits per heavy atom. The van der Waals surface area contributed by atoms with Crippen LogP contribution in [0, 0.1) is 11.8 Å². The van der Waals surface area contributed by atoms with Crippen LogP contribution in [0.5, 0.6) is 5.75 Å². The van der Waals surface area contributed by atoms with Gasteiger partial charge in [0.25, 0.3) is 0 Å². The monoisotopic (exact) mass is 774 g/mol. The number of aromatic hydroxyl groups is 1. The van der Waals surface area contributed by atoms with Crippen LogP contribution in [0.25, 0.3) is 0 Å². The summed E-state index contributed by atoms with van der Waals surface area (Å²) < 4.78 is 0. The van der Waals surface area contributed by atoms with E-state index in [0.29, 0.717) is 11.1 Å². The molecule has 0 aliphatic carbocycles. The van der Waals surface area contributed by atoms with Gasteiger partial charge >= 0.3 is 5.97 Å². The van der Waals surface area contributed by atoms with E-state index in [1.54, 1.807) is 56.7 Å². The molecule has 0 bridgehead atoms. The second-order valence-electron chi connectivity index (χ2n) is 13.4. The van der Waals surface area contributed by atoms with E-state index in [1.807, 2.05) is 0 Å². The van der Waals surface area contributed by atoms with Gasteiger partial charge in [-0.15, -0.1) is 0 Å². The summed E-state index contributed by atoms with van der Waals surface area (Å²) in [7, 11) is 0. The number of rotatable bonds is 21. The van der Waals surface area contributed by atoms with E-state index >= 15 is 0 Å². The molecule has 1 aromatic heterocycles. The molecule has 7 amide bonds. The van der Waals surface area contributed by atoms with Crippen molar-refractivity contribution in [3.05, 3.63) is 52.2 Å². The second-order valence-corrected chi connectivity index (χ2v) is 14.2. The predicted octanol–water partition coefficient (Wildman–Crippen LogP) is -1.60. The van der Waals surface area contributed by atoms with E-state index in [-0.39, 0.29) is 18.6 Å². The normalized spacial score (nSPS) is 14.4. The van der Waals surface area contributed by atoms with Gasteiger partial charge in [0.2, 0.25) is 41.4 Å². The number of amides is 7. The molecule has 12 N–H and O–H groups in total. The molecule has 0 spiro atoms. The van der Waals surface area contributed by atoms with Crippen LogP contribution in [-0.4, -0.2) is 100 Å². The van der Waals surface area contributed by atoms with Gasteiger partial charge in [0, 0.05) is 6.42 Å². The number of thiophene rings is 1. The number of benzene rings is 1. The number of carboxylic acids is 1. The first-order valence-corrected chi connectivity index (χ1v) is 18.1. The van der Waals surface area contributed by atoms with Crippen LogP contribution in [0.3, 0.4) is 0 Å². The number of carbonyl (C=O) groups excluding carboxylic acids is 7. The van der Waals surface area contributed by atoms with Crippen molar-refractivity contribution < 1.29 is 48.6 Å². The molecular weight excluding hydrogens is 724 g/mol. The van der Waals surface area contributed by atoms with Crippen LogP contribution in [0.15, 0.2) is 41.1 Å². The molecule has 18 nitrogen and oxygen atoms in total. The fourth-order valence-electron chi connectivity index (χ4n) is 5.02. The molecule has 1 aromatic carbocycles. The fraction of sp³-hybridized carbons (Fsp3) is 0.486. The summed E-state index contributed by atoms with van der Waals surface area (Å²) in [6.45, 7) is 7.40. The van der Waals surface area contributed by atoms with Crippen molar-refractivity contribution in [1.29, 1.82) is 0 Å². The highest BCUT2D eigenvalue weighted by Crippen LogP contribution is 2.13. The van der Waals surface area contributed by atoms with Crippen LogP contribution in [-0.2, 0) is 51.2 Å². The zero-order valence-corrected chi connectivity index (χ0v) is 31.5. The van der Waals surface area contributed by atoms with Gasteiger partial charge in [0.1, 0.15) is 36.0 Å². The summed E-state index contributed by atoms with van der Waals surface area (Å²) in [5.41, 5.74) is 12.4. The summed E-state index contributed by atoms with van der Waals surface area (Å²) in [6.07, 6.45) is -0.839. The molecule has 54 heavy (non-hydrogen) atoms. The van der Waals surface area contributed by atoms with Crippen LogP contribution < -0.4 is 43.4 Å². The maximum atomic E-state index is 13.7. The first-order valence-electron chi connectivity index (χ1n) is 17.1. The topological polar surface area (TPSA) is 301 Å². The average molecular weight is 775 g/mol. The van der Waals surface area contributed by atoms with Crippen molar-refractivity contribution in [2.75, 3.05) is 6.54 Å². The van der Waals surface area contributed by atoms with Gasteiger partial charge in [0.05, 0.1) is 19.0 Å². The molecule has 2 aromatic rings. The zero-order valence-electron chi connectivity index (χ0n) is 30.7. The molecule has 0 saturated heterocycles. The molecule has 6 atom stereocenters. The Labute approximate surface area is 316 Å². The van der Waals surface area contributed by atoms with Crippen molar-refractivity contribution in [3.8, 4) is 5.75 Å². The maximum absolute atomic E-state index is 13.7. The minimum absolute atomic E-state index is 0.0446. The van der Waals surface area contributed by atoms with Gasteiger partial charge in [-0.1, -0.05) is 39.8 Å². The minimum atomic E-state index is -1.71. The lowest BCUT2D eigenvalue weighted by Gasteiger charge is -2.28. The van der Waals surface area contributed by atoms with Gasteiger partial charge in [-0.2, -0.15) is 11.3 Å². The third-order valence-electron chi connectivity index (χ3n) is 8.08. The van der Waals surface area contributed by atoms with Crippen molar-refractivity contribution >= 4 is 58.7 Å². The fourth-order valence-corrected chi connectivity index (χ4v) is 5.70. The first kappa shape index (κ1) is 44.6. The number of aliphatic carboxylic acids is 1. The molecule has 0 saturated carbocycles. The van der Waals surface area contributed by atoms with E-state index in [4.69, 9.17) is 11.5 Å². The number of hydrogen-bond acceptors (Lipinski definition) is 11. The Kier molecular flexibility index (Phi) is 17.5. The number of carboxylic acid groups (broad SMARTS) is 1. The molecule has 0 fully saturated rings. The number of nitrogens with two attached hydrogens (primary N) is 2. The van der Waals surface area contributed by atoms with E-state index in [9.17, 15) is 48.6 Å². The number of carbonyl (C=O) groups is 8. The van der Waals surface area contributed by atoms with Crippen molar-refractivity contribution in [1.82, 2.24) is 31.9 Å². The standard InChI is InChI=1S/C35H50N8O10S/c1-17(2)28(34(52)38-15-26(37)45)43-35(53)29(18(3)4)42-33(51)25(14-27(46)47)41-32(50)24(13-21-10-11-54-16-21)40-30(48)19(5)39-31(49)23(36)12-20-6-8-22(44)9-7-20/h6-11,16-19,23-25,28-29,44H,12-15,36H2,1-5H3,(H2,37,45)(H,38,52)(H,39,49)(H,40,48)(H,41,50)(H,42,51)(H,43,53)(H,46,47)/t19-,23+,24?,25+,28+,29+/m1/s1. The van der Waals surface area contributed by atoms with E-state index in [0.717, 1.165) is 0 Å². The van der Waals surface area contributed by atoms with Gasteiger partial charge < -0.3 is 53.6 Å². The summed E-state index contributed by atoms with van der Waals surface area (Å²) >= 11 is 1.33. The molecule has 0 radical (unpaired) electrons. The highest BCUT2D eigenvalue weighted by molar-refractivity contribution is 7.07. The zero-order chi connectivity index (χ0) is 40.7. The number of phenols is 1. The summed E-state index contributed by atoms with van der Waals surface area (Å²) in [5.74, 6) is -8.07. The largest absolute Gasteiger partial charge is 0.508 e. The molecule has 2 rings (SSSR count). The highest BCUT2D eigenvalue weighted by atomic mass is 32.1. The lowest BCUT2D eigenvalue weighted by molar-refractivity contribution is -0.141. The summed E-state index contributed by atoms with van der Waals surface area (Å²) in [4.78, 5) is 102. The van der Waals surface area contributed by atoms with Crippen LogP contribution in [0.2, 0.25) is 0 Å². The molecule has 296 valence electrons. The molecule has 0 aliphatic rings. The molecular formula is C35H50N8O10S. The van der Waals surface area contributed by atoms with Crippen LogP contribution >= 0.6 is 11.3 Å². The third-order valence-corrected chi connectivity index (χ3v) is 8.81. The molecule has 0 aliphatic heterocycles. The van der Waals surface area contributed by atoms with E-state index in [2.05, 4.69) is 31.9 Å². The Balaban J connectivity index is 2.20. The molecule has 19 heteroatoms. The van der Waals surface area contributed by atoms with Crippen molar-refractivity contribution in [3.63, 3.8) is 0 Å². The van der Waals surface area contributed by atoms with Gasteiger partial charge in [-0.3, -0.25) is 38.4 Å². The quantitative estimate of drug-likeness (QED) is 0.0689. The Morgan fingerprint density at radius 3 is 1.76 bits per heavy atom. The maximum Gasteiger partial charge on any atom is 0.305 e. The number of primary amides is 1. The second kappa shape index (κ2) is 21.2. The van der Waals surface area contributed by atoms with Gasteiger partial charge in [-0.25, -0.2) is 0 Å².